The monoisotopic (exact) mass is 190 g/mol. The summed E-state index contributed by atoms with van der Waals surface area (Å²) in [6.45, 7) is 5.96. The molecule has 76 valence electrons. The Morgan fingerprint density at radius 1 is 1.50 bits per heavy atom. The second kappa shape index (κ2) is 6.33. The predicted octanol–water partition coefficient (Wildman–Crippen LogP) is 2.31. The lowest BCUT2D eigenvalue weighted by molar-refractivity contribution is 0.730. The molecule has 0 spiro atoms. The van der Waals surface area contributed by atoms with Crippen LogP contribution in [0, 0.1) is 0 Å². The molecular weight excluding hydrogens is 172 g/mol. The van der Waals surface area contributed by atoms with Crippen molar-refractivity contribution in [2.75, 3.05) is 6.54 Å². The predicted molar refractivity (Wildman–Crippen MR) is 60.1 cm³/mol. The Balaban J connectivity index is 2.49. The van der Waals surface area contributed by atoms with Crippen LogP contribution >= 0.6 is 0 Å². The van der Waals surface area contributed by atoms with Gasteiger partial charge in [-0.05, 0) is 25.0 Å². The summed E-state index contributed by atoms with van der Waals surface area (Å²) >= 11 is 0. The molecular formula is C12H18N2. The van der Waals surface area contributed by atoms with E-state index in [2.05, 4.69) is 29.4 Å². The molecule has 0 amide bonds. The standard InChI is InChI=1S/C12H18N2/c1-3-5-8-13-10-12-11(4-2)7-6-9-14-12/h3,5-7,9,13H,4,8,10H2,1-2H3/b5-3+. The van der Waals surface area contributed by atoms with Gasteiger partial charge in [-0.3, -0.25) is 4.98 Å². The maximum atomic E-state index is 4.36. The van der Waals surface area contributed by atoms with Crippen LogP contribution in [0.15, 0.2) is 30.5 Å². The maximum Gasteiger partial charge on any atom is 0.0573 e. The van der Waals surface area contributed by atoms with Gasteiger partial charge in [0, 0.05) is 19.3 Å². The summed E-state index contributed by atoms with van der Waals surface area (Å²) in [6.07, 6.45) is 7.06. The van der Waals surface area contributed by atoms with Crippen LogP contribution in [0.5, 0.6) is 0 Å². The van der Waals surface area contributed by atoms with Crippen LogP contribution in [0.25, 0.3) is 0 Å². The average molecular weight is 190 g/mol. The van der Waals surface area contributed by atoms with Gasteiger partial charge in [-0.15, -0.1) is 0 Å². The first-order valence-electron chi connectivity index (χ1n) is 5.13. The summed E-state index contributed by atoms with van der Waals surface area (Å²) in [4.78, 5) is 4.36. The minimum absolute atomic E-state index is 0.856. The normalized spacial score (nSPS) is 11.0. The Labute approximate surface area is 86.1 Å². The Bertz CT molecular complexity index is 292. The number of aromatic nitrogens is 1. The zero-order valence-electron chi connectivity index (χ0n) is 8.96. The molecule has 0 bridgehead atoms. The topological polar surface area (TPSA) is 24.9 Å². The van der Waals surface area contributed by atoms with Crippen LogP contribution in [0.4, 0.5) is 0 Å². The first-order chi connectivity index (χ1) is 6.88. The van der Waals surface area contributed by atoms with Crippen molar-refractivity contribution in [1.29, 1.82) is 0 Å². The fourth-order valence-electron chi connectivity index (χ4n) is 1.34. The summed E-state index contributed by atoms with van der Waals surface area (Å²) in [5.41, 5.74) is 2.50. The molecule has 1 N–H and O–H groups in total. The molecule has 2 heteroatoms. The van der Waals surface area contributed by atoms with E-state index in [1.807, 2.05) is 25.3 Å². The van der Waals surface area contributed by atoms with E-state index in [-0.39, 0.29) is 0 Å². The van der Waals surface area contributed by atoms with E-state index in [9.17, 15) is 0 Å². The second-order valence-corrected chi connectivity index (χ2v) is 3.16. The van der Waals surface area contributed by atoms with E-state index < -0.39 is 0 Å². The van der Waals surface area contributed by atoms with Crippen molar-refractivity contribution in [3.8, 4) is 0 Å². The fourth-order valence-corrected chi connectivity index (χ4v) is 1.34. The molecule has 1 rings (SSSR count). The molecule has 2 nitrogen and oxygen atoms in total. The molecule has 1 aromatic heterocycles. The maximum absolute atomic E-state index is 4.36. The highest BCUT2D eigenvalue weighted by Crippen LogP contribution is 2.05. The van der Waals surface area contributed by atoms with Gasteiger partial charge in [-0.2, -0.15) is 0 Å². The summed E-state index contributed by atoms with van der Waals surface area (Å²) in [5.74, 6) is 0. The van der Waals surface area contributed by atoms with Gasteiger partial charge in [-0.25, -0.2) is 0 Å². The molecule has 0 aliphatic rings. The van der Waals surface area contributed by atoms with E-state index in [1.54, 1.807) is 0 Å². The third-order valence-corrected chi connectivity index (χ3v) is 2.16. The molecule has 1 aromatic rings. The summed E-state index contributed by atoms with van der Waals surface area (Å²) in [5, 5.41) is 3.33. The van der Waals surface area contributed by atoms with Crippen LogP contribution in [0.2, 0.25) is 0 Å². The molecule has 14 heavy (non-hydrogen) atoms. The Morgan fingerprint density at radius 2 is 2.36 bits per heavy atom. The minimum atomic E-state index is 0.856. The molecule has 0 saturated heterocycles. The highest BCUT2D eigenvalue weighted by Gasteiger charge is 1.98. The highest BCUT2D eigenvalue weighted by atomic mass is 14.9. The van der Waals surface area contributed by atoms with Gasteiger partial charge in [0.05, 0.1) is 5.69 Å². The zero-order chi connectivity index (χ0) is 10.2. The van der Waals surface area contributed by atoms with Crippen molar-refractivity contribution in [2.45, 2.75) is 26.8 Å². The van der Waals surface area contributed by atoms with Crippen molar-refractivity contribution < 1.29 is 0 Å². The van der Waals surface area contributed by atoms with Crippen molar-refractivity contribution >= 4 is 0 Å². The third-order valence-electron chi connectivity index (χ3n) is 2.16. The summed E-state index contributed by atoms with van der Waals surface area (Å²) in [6, 6.07) is 4.13. The summed E-state index contributed by atoms with van der Waals surface area (Å²) in [7, 11) is 0. The van der Waals surface area contributed by atoms with Crippen molar-refractivity contribution in [3.05, 3.63) is 41.7 Å². The Hall–Kier alpha value is -1.15. The Morgan fingerprint density at radius 3 is 3.07 bits per heavy atom. The molecule has 1 heterocycles. The van der Waals surface area contributed by atoms with Crippen LogP contribution in [-0.4, -0.2) is 11.5 Å². The average Bonchev–Trinajstić information content (AvgIpc) is 2.25. The van der Waals surface area contributed by atoms with Gasteiger partial charge in [0.2, 0.25) is 0 Å². The number of hydrogen-bond donors (Lipinski definition) is 1. The van der Waals surface area contributed by atoms with Gasteiger partial charge < -0.3 is 5.32 Å². The van der Waals surface area contributed by atoms with Crippen LogP contribution in [-0.2, 0) is 13.0 Å². The number of pyridine rings is 1. The van der Waals surface area contributed by atoms with Crippen LogP contribution in [0.3, 0.4) is 0 Å². The first-order valence-corrected chi connectivity index (χ1v) is 5.13. The number of allylic oxidation sites excluding steroid dienone is 1. The number of nitrogens with zero attached hydrogens (tertiary/aromatic N) is 1. The minimum Gasteiger partial charge on any atom is -0.308 e. The van der Waals surface area contributed by atoms with Crippen molar-refractivity contribution in [3.63, 3.8) is 0 Å². The molecule has 0 unspecified atom stereocenters. The lowest BCUT2D eigenvalue weighted by atomic mass is 10.1. The summed E-state index contributed by atoms with van der Waals surface area (Å²) < 4.78 is 0. The second-order valence-electron chi connectivity index (χ2n) is 3.16. The molecule has 0 aromatic carbocycles. The molecule has 0 fully saturated rings. The molecule has 0 saturated carbocycles. The zero-order valence-corrected chi connectivity index (χ0v) is 8.96. The van der Waals surface area contributed by atoms with E-state index in [0.717, 1.165) is 19.5 Å². The molecule has 0 atom stereocenters. The fraction of sp³-hybridized carbons (Fsp3) is 0.417. The SMILES string of the molecule is C/C=C/CNCc1ncccc1CC. The number of hydrogen-bond acceptors (Lipinski definition) is 2. The van der Waals surface area contributed by atoms with Gasteiger partial charge in [-0.1, -0.05) is 25.1 Å². The van der Waals surface area contributed by atoms with E-state index >= 15 is 0 Å². The van der Waals surface area contributed by atoms with Gasteiger partial charge in [0.1, 0.15) is 0 Å². The lowest BCUT2D eigenvalue weighted by Crippen LogP contribution is -2.15. The highest BCUT2D eigenvalue weighted by molar-refractivity contribution is 5.19. The van der Waals surface area contributed by atoms with Gasteiger partial charge in [0.25, 0.3) is 0 Å². The van der Waals surface area contributed by atoms with Crippen molar-refractivity contribution in [1.82, 2.24) is 10.3 Å². The number of rotatable bonds is 5. The number of aryl methyl sites for hydroxylation is 1. The van der Waals surface area contributed by atoms with Crippen LogP contribution < -0.4 is 5.32 Å². The molecule has 0 aliphatic heterocycles. The third kappa shape index (κ3) is 3.30. The Kier molecular flexibility index (Phi) is 4.94. The van der Waals surface area contributed by atoms with E-state index in [0.29, 0.717) is 0 Å². The largest absolute Gasteiger partial charge is 0.308 e. The quantitative estimate of drug-likeness (QED) is 0.569. The number of nitrogens with one attached hydrogen (secondary N) is 1. The smallest absolute Gasteiger partial charge is 0.0573 e. The molecule has 0 aliphatic carbocycles. The van der Waals surface area contributed by atoms with Crippen LogP contribution in [0.1, 0.15) is 25.1 Å². The van der Waals surface area contributed by atoms with E-state index in [1.165, 1.54) is 11.3 Å². The first kappa shape index (κ1) is 10.9. The lowest BCUT2D eigenvalue weighted by Gasteiger charge is -2.06. The van der Waals surface area contributed by atoms with E-state index in [4.69, 9.17) is 0 Å². The van der Waals surface area contributed by atoms with Crippen molar-refractivity contribution in [2.24, 2.45) is 0 Å². The van der Waals surface area contributed by atoms with Gasteiger partial charge >= 0.3 is 0 Å². The van der Waals surface area contributed by atoms with Gasteiger partial charge in [0.15, 0.2) is 0 Å². The molecule has 0 radical (unpaired) electrons.